The zero-order chi connectivity index (χ0) is 20.5. The van der Waals surface area contributed by atoms with E-state index in [1.807, 2.05) is 49.4 Å². The van der Waals surface area contributed by atoms with Gasteiger partial charge in [-0.2, -0.15) is 0 Å². The summed E-state index contributed by atoms with van der Waals surface area (Å²) in [6, 6.07) is 19.1. The summed E-state index contributed by atoms with van der Waals surface area (Å²) in [5, 5.41) is 12.2. The van der Waals surface area contributed by atoms with Gasteiger partial charge in [0.05, 0.1) is 11.5 Å². The van der Waals surface area contributed by atoms with Crippen LogP contribution in [0.1, 0.15) is 47.7 Å². The first-order chi connectivity index (χ1) is 14.0. The summed E-state index contributed by atoms with van der Waals surface area (Å²) >= 11 is 0. The van der Waals surface area contributed by atoms with Gasteiger partial charge >= 0.3 is 0 Å². The van der Waals surface area contributed by atoms with Gasteiger partial charge < -0.3 is 14.3 Å². The number of aromatic nitrogens is 1. The van der Waals surface area contributed by atoms with E-state index >= 15 is 0 Å². The summed E-state index contributed by atoms with van der Waals surface area (Å²) < 4.78 is 6.01. The van der Waals surface area contributed by atoms with Crippen molar-refractivity contribution in [3.05, 3.63) is 77.4 Å². The first-order valence-electron chi connectivity index (χ1n) is 9.79. The largest absolute Gasteiger partial charge is 0.545 e. The number of carbonyl (C=O) groups excluding carboxylic acids is 1. The maximum Gasteiger partial charge on any atom is 0.153 e. The molecule has 2 aromatic carbocycles. The number of hydrogen-bond donors (Lipinski definition) is 0. The summed E-state index contributed by atoms with van der Waals surface area (Å²) in [5.74, 6) is 0.536. The number of benzene rings is 2. The van der Waals surface area contributed by atoms with E-state index in [1.54, 1.807) is 0 Å². The second-order valence-electron chi connectivity index (χ2n) is 7.46. The molecule has 4 nitrogen and oxygen atoms in total. The molecule has 0 spiro atoms. The SMILES string of the molecule is CCC(C)c1ccc(-c2ccc(-c3cc(C(=O)[O-])c4cc(C)ccc4n3)o2)cc1. The molecule has 0 aliphatic heterocycles. The van der Waals surface area contributed by atoms with E-state index in [0.717, 1.165) is 23.3 Å². The minimum absolute atomic E-state index is 0.115. The molecular weight excluding hydrogens is 362 g/mol. The molecule has 0 bridgehead atoms. The third kappa shape index (κ3) is 3.66. The molecule has 29 heavy (non-hydrogen) atoms. The van der Waals surface area contributed by atoms with Gasteiger partial charge in [0.1, 0.15) is 11.5 Å². The van der Waals surface area contributed by atoms with Gasteiger partial charge in [-0.15, -0.1) is 0 Å². The van der Waals surface area contributed by atoms with Crippen molar-refractivity contribution in [1.29, 1.82) is 0 Å². The van der Waals surface area contributed by atoms with Gasteiger partial charge in [-0.05, 0) is 55.2 Å². The highest BCUT2D eigenvalue weighted by molar-refractivity contribution is 6.02. The molecule has 0 saturated heterocycles. The number of hydrogen-bond acceptors (Lipinski definition) is 4. The zero-order valence-corrected chi connectivity index (χ0v) is 16.7. The van der Waals surface area contributed by atoms with Crippen molar-refractivity contribution in [2.24, 2.45) is 0 Å². The number of nitrogens with zero attached hydrogens (tertiary/aromatic N) is 1. The fourth-order valence-electron chi connectivity index (χ4n) is 3.48. The van der Waals surface area contributed by atoms with E-state index < -0.39 is 5.97 Å². The molecule has 0 aliphatic carbocycles. The van der Waals surface area contributed by atoms with Crippen molar-refractivity contribution in [1.82, 2.24) is 4.98 Å². The molecule has 2 aromatic heterocycles. The molecule has 0 aliphatic rings. The van der Waals surface area contributed by atoms with Gasteiger partial charge in [-0.25, -0.2) is 4.98 Å². The van der Waals surface area contributed by atoms with Crippen LogP contribution < -0.4 is 5.11 Å². The highest BCUT2D eigenvalue weighted by atomic mass is 16.4. The number of aryl methyl sites for hydroxylation is 1. The first-order valence-corrected chi connectivity index (χ1v) is 9.79. The number of fused-ring (bicyclic) bond motifs is 1. The Bertz CT molecular complexity index is 1190. The van der Waals surface area contributed by atoms with E-state index in [9.17, 15) is 9.90 Å². The van der Waals surface area contributed by atoms with Crippen molar-refractivity contribution in [2.75, 3.05) is 0 Å². The maximum atomic E-state index is 11.7. The van der Waals surface area contributed by atoms with Gasteiger partial charge in [0.2, 0.25) is 0 Å². The molecule has 0 radical (unpaired) electrons. The number of pyridine rings is 1. The van der Waals surface area contributed by atoms with Gasteiger partial charge in [-0.1, -0.05) is 49.7 Å². The second-order valence-corrected chi connectivity index (χ2v) is 7.46. The summed E-state index contributed by atoms with van der Waals surface area (Å²) in [5.41, 5.74) is 4.43. The topological polar surface area (TPSA) is 66.2 Å². The lowest BCUT2D eigenvalue weighted by Gasteiger charge is -2.10. The van der Waals surface area contributed by atoms with Crippen molar-refractivity contribution >= 4 is 16.9 Å². The van der Waals surface area contributed by atoms with Gasteiger partial charge in [0.25, 0.3) is 0 Å². The number of furan rings is 1. The van der Waals surface area contributed by atoms with Crippen LogP contribution in [0, 0.1) is 6.92 Å². The monoisotopic (exact) mass is 384 g/mol. The minimum atomic E-state index is -1.23. The third-order valence-electron chi connectivity index (χ3n) is 5.42. The highest BCUT2D eigenvalue weighted by Gasteiger charge is 2.13. The van der Waals surface area contributed by atoms with Gasteiger partial charge in [0, 0.05) is 16.5 Å². The molecule has 1 unspecified atom stereocenters. The Hall–Kier alpha value is -3.40. The van der Waals surface area contributed by atoms with Crippen LogP contribution in [0.2, 0.25) is 0 Å². The second kappa shape index (κ2) is 7.55. The van der Waals surface area contributed by atoms with Crippen molar-refractivity contribution in [3.8, 4) is 22.8 Å². The molecule has 0 amide bonds. The van der Waals surface area contributed by atoms with Crippen LogP contribution in [0.4, 0.5) is 0 Å². The number of rotatable bonds is 5. The van der Waals surface area contributed by atoms with Crippen LogP contribution in [0.5, 0.6) is 0 Å². The standard InChI is InChI=1S/C25H23NO3/c1-4-16(3)17-6-8-18(9-7-17)23-11-12-24(29-23)22-14-20(25(27)28)19-13-15(2)5-10-21(19)26-22/h5-14,16H,4H2,1-3H3,(H,27,28)/p-1. The van der Waals surface area contributed by atoms with Crippen LogP contribution in [-0.4, -0.2) is 11.0 Å². The highest BCUT2D eigenvalue weighted by Crippen LogP contribution is 2.31. The van der Waals surface area contributed by atoms with Crippen LogP contribution in [0.3, 0.4) is 0 Å². The van der Waals surface area contributed by atoms with Crippen LogP contribution >= 0.6 is 0 Å². The summed E-state index contributed by atoms with van der Waals surface area (Å²) in [6.07, 6.45) is 1.10. The summed E-state index contributed by atoms with van der Waals surface area (Å²) in [4.78, 5) is 16.3. The lowest BCUT2D eigenvalue weighted by atomic mass is 9.97. The van der Waals surface area contributed by atoms with Crippen LogP contribution in [0.25, 0.3) is 33.7 Å². The number of carboxylic acid groups (broad SMARTS) is 1. The lowest BCUT2D eigenvalue weighted by molar-refractivity contribution is -0.254. The zero-order valence-electron chi connectivity index (χ0n) is 16.7. The Labute approximate surface area is 169 Å². The van der Waals surface area contributed by atoms with Gasteiger partial charge in [0.15, 0.2) is 5.76 Å². The number of carboxylic acids is 1. The van der Waals surface area contributed by atoms with Crippen molar-refractivity contribution in [2.45, 2.75) is 33.1 Å². The number of carbonyl (C=O) groups is 1. The Morgan fingerprint density at radius 2 is 1.76 bits per heavy atom. The predicted octanol–water partition coefficient (Wildman–Crippen LogP) is 5.35. The van der Waals surface area contributed by atoms with Crippen molar-refractivity contribution in [3.63, 3.8) is 0 Å². The average molecular weight is 384 g/mol. The fraction of sp³-hybridized carbons (Fsp3) is 0.200. The molecular formula is C25H22NO3-. The Morgan fingerprint density at radius 1 is 1.03 bits per heavy atom. The molecule has 1 atom stereocenters. The number of aromatic carboxylic acids is 1. The molecule has 0 saturated carbocycles. The Balaban J connectivity index is 1.73. The van der Waals surface area contributed by atoms with E-state index in [-0.39, 0.29) is 5.56 Å². The normalized spacial score (nSPS) is 12.2. The summed E-state index contributed by atoms with van der Waals surface area (Å²) in [6.45, 7) is 6.30. The predicted molar refractivity (Wildman–Crippen MR) is 113 cm³/mol. The molecule has 0 fully saturated rings. The lowest BCUT2D eigenvalue weighted by Crippen LogP contribution is -2.22. The van der Waals surface area contributed by atoms with Crippen molar-refractivity contribution < 1.29 is 14.3 Å². The quantitative estimate of drug-likeness (QED) is 0.465. The molecule has 4 rings (SSSR count). The van der Waals surface area contributed by atoms with E-state index in [4.69, 9.17) is 4.42 Å². The molecule has 0 N–H and O–H groups in total. The van der Waals surface area contributed by atoms with Crippen LogP contribution in [-0.2, 0) is 0 Å². The van der Waals surface area contributed by atoms with Gasteiger partial charge in [-0.3, -0.25) is 0 Å². The molecule has 4 aromatic rings. The van der Waals surface area contributed by atoms with E-state index in [0.29, 0.717) is 28.3 Å². The van der Waals surface area contributed by atoms with E-state index in [1.165, 1.54) is 11.6 Å². The Kier molecular flexibility index (Phi) is 4.93. The average Bonchev–Trinajstić information content (AvgIpc) is 3.22. The van der Waals surface area contributed by atoms with E-state index in [2.05, 4.69) is 31.0 Å². The molecule has 146 valence electrons. The Morgan fingerprint density at radius 3 is 2.45 bits per heavy atom. The molecule has 2 heterocycles. The molecule has 4 heteroatoms. The third-order valence-corrected chi connectivity index (χ3v) is 5.42. The first kappa shape index (κ1) is 18.9. The fourth-order valence-corrected chi connectivity index (χ4v) is 3.48. The minimum Gasteiger partial charge on any atom is -0.545 e. The summed E-state index contributed by atoms with van der Waals surface area (Å²) in [7, 11) is 0. The van der Waals surface area contributed by atoms with Crippen LogP contribution in [0.15, 0.2) is 65.1 Å². The maximum absolute atomic E-state index is 11.7. The smallest absolute Gasteiger partial charge is 0.153 e.